The van der Waals surface area contributed by atoms with E-state index in [0.717, 1.165) is 38.3 Å². The highest BCUT2D eigenvalue weighted by atomic mass is 19.4. The third-order valence-electron chi connectivity index (χ3n) is 4.05. The molecule has 8 heteroatoms. The molecule has 3 heterocycles. The quantitative estimate of drug-likeness (QED) is 0.747. The summed E-state index contributed by atoms with van der Waals surface area (Å²) >= 11 is 0. The molecule has 4 rings (SSSR count). The first-order valence-corrected chi connectivity index (χ1v) is 7.34. The summed E-state index contributed by atoms with van der Waals surface area (Å²) < 4.78 is 40.5. The first kappa shape index (κ1) is 14.3. The summed E-state index contributed by atoms with van der Waals surface area (Å²) in [6.45, 7) is 3.26. The van der Waals surface area contributed by atoms with Crippen molar-refractivity contribution in [3.63, 3.8) is 0 Å². The lowest BCUT2D eigenvalue weighted by Gasteiger charge is -2.28. The van der Waals surface area contributed by atoms with Crippen molar-refractivity contribution in [2.24, 2.45) is 0 Å². The number of halogens is 3. The molecule has 23 heavy (non-hydrogen) atoms. The van der Waals surface area contributed by atoms with Gasteiger partial charge in [-0.3, -0.25) is 0 Å². The van der Waals surface area contributed by atoms with Gasteiger partial charge in [0.15, 0.2) is 0 Å². The van der Waals surface area contributed by atoms with Gasteiger partial charge in [0.2, 0.25) is 5.95 Å². The summed E-state index contributed by atoms with van der Waals surface area (Å²) in [7, 11) is 0. The smallest absolute Gasteiger partial charge is 0.338 e. The number of alkyl halides is 3. The van der Waals surface area contributed by atoms with Crippen LogP contribution >= 0.6 is 0 Å². The van der Waals surface area contributed by atoms with Crippen LogP contribution in [0.4, 0.5) is 19.1 Å². The van der Waals surface area contributed by atoms with E-state index in [1.807, 2.05) is 0 Å². The van der Waals surface area contributed by atoms with Crippen LogP contribution in [0.1, 0.15) is 5.56 Å². The Labute approximate surface area is 129 Å². The van der Waals surface area contributed by atoms with Gasteiger partial charge >= 0.3 is 6.18 Å². The Morgan fingerprint density at radius 2 is 1.87 bits per heavy atom. The molecule has 0 saturated carbocycles. The summed E-state index contributed by atoms with van der Waals surface area (Å²) in [6.07, 6.45) is -2.79. The zero-order valence-electron chi connectivity index (χ0n) is 12.1. The van der Waals surface area contributed by atoms with Crippen molar-refractivity contribution in [1.82, 2.24) is 19.9 Å². The van der Waals surface area contributed by atoms with Gasteiger partial charge in [0.05, 0.1) is 22.8 Å². The van der Waals surface area contributed by atoms with Crippen LogP contribution in [0.15, 0.2) is 30.5 Å². The number of anilines is 1. The molecule has 0 radical (unpaired) electrons. The van der Waals surface area contributed by atoms with Crippen molar-refractivity contribution in [3.05, 3.63) is 36.0 Å². The lowest BCUT2D eigenvalue weighted by molar-refractivity contribution is -0.137. The first-order chi connectivity index (χ1) is 11.0. The molecule has 0 amide bonds. The summed E-state index contributed by atoms with van der Waals surface area (Å²) in [5.41, 5.74) is 0.499. The zero-order valence-corrected chi connectivity index (χ0v) is 12.1. The molecule has 0 atom stereocenters. The molecule has 0 unspecified atom stereocenters. The van der Waals surface area contributed by atoms with E-state index < -0.39 is 11.7 Å². The van der Waals surface area contributed by atoms with E-state index in [4.69, 9.17) is 0 Å². The van der Waals surface area contributed by atoms with Crippen molar-refractivity contribution < 1.29 is 13.2 Å². The molecule has 1 aliphatic heterocycles. The van der Waals surface area contributed by atoms with Crippen molar-refractivity contribution in [1.29, 1.82) is 0 Å². The second kappa shape index (κ2) is 5.09. The van der Waals surface area contributed by atoms with Gasteiger partial charge in [-0.05, 0) is 24.3 Å². The van der Waals surface area contributed by atoms with E-state index in [2.05, 4.69) is 20.3 Å². The van der Waals surface area contributed by atoms with E-state index in [-0.39, 0.29) is 0 Å². The van der Waals surface area contributed by atoms with E-state index in [9.17, 15) is 13.2 Å². The fourth-order valence-electron chi connectivity index (χ4n) is 2.91. The SMILES string of the molecule is FC(F)(F)c1ccc2nc(N3CCNCC3)n3nccc3c2c1. The molecule has 1 aromatic carbocycles. The average Bonchev–Trinajstić information content (AvgIpc) is 3.03. The minimum absolute atomic E-state index is 0.455. The van der Waals surface area contributed by atoms with Crippen LogP contribution in [0.3, 0.4) is 0 Å². The van der Waals surface area contributed by atoms with Crippen molar-refractivity contribution >= 4 is 22.4 Å². The average molecular weight is 321 g/mol. The second-order valence-corrected chi connectivity index (χ2v) is 5.51. The first-order valence-electron chi connectivity index (χ1n) is 7.34. The van der Waals surface area contributed by atoms with Crippen molar-refractivity contribution in [2.45, 2.75) is 6.18 Å². The van der Waals surface area contributed by atoms with Gasteiger partial charge in [-0.1, -0.05) is 0 Å². The Morgan fingerprint density at radius 3 is 2.61 bits per heavy atom. The van der Waals surface area contributed by atoms with Gasteiger partial charge in [-0.2, -0.15) is 22.8 Å². The Balaban J connectivity index is 1.94. The molecular weight excluding hydrogens is 307 g/mol. The van der Waals surface area contributed by atoms with E-state index in [1.165, 1.54) is 6.07 Å². The Morgan fingerprint density at radius 1 is 1.09 bits per heavy atom. The lowest BCUT2D eigenvalue weighted by Crippen LogP contribution is -2.44. The Kier molecular flexibility index (Phi) is 3.15. The maximum Gasteiger partial charge on any atom is 0.416 e. The number of nitrogens with zero attached hydrogens (tertiary/aromatic N) is 4. The molecule has 2 aromatic heterocycles. The molecule has 1 fully saturated rings. The predicted octanol–water partition coefficient (Wildman–Crippen LogP) is 2.31. The molecule has 1 saturated heterocycles. The largest absolute Gasteiger partial charge is 0.416 e. The Hall–Kier alpha value is -2.35. The number of rotatable bonds is 1. The van der Waals surface area contributed by atoms with Crippen molar-refractivity contribution in [2.75, 3.05) is 31.1 Å². The second-order valence-electron chi connectivity index (χ2n) is 5.51. The summed E-state index contributed by atoms with van der Waals surface area (Å²) in [5.74, 6) is 0.666. The minimum atomic E-state index is -4.37. The zero-order chi connectivity index (χ0) is 16.0. The third kappa shape index (κ3) is 2.39. The van der Waals surface area contributed by atoms with Crippen LogP contribution in [0.5, 0.6) is 0 Å². The van der Waals surface area contributed by atoms with Crippen LogP contribution in [0, 0.1) is 0 Å². The van der Waals surface area contributed by atoms with Gasteiger partial charge in [0.25, 0.3) is 0 Å². The highest BCUT2D eigenvalue weighted by Gasteiger charge is 2.31. The fraction of sp³-hybridized carbons (Fsp3) is 0.333. The molecule has 1 aliphatic rings. The maximum absolute atomic E-state index is 13.0. The number of piperazine rings is 1. The lowest BCUT2D eigenvalue weighted by atomic mass is 10.1. The number of hydrogen-bond donors (Lipinski definition) is 1. The summed E-state index contributed by atoms with van der Waals surface area (Å²) in [5, 5.41) is 7.96. The van der Waals surface area contributed by atoms with Crippen LogP contribution in [0.25, 0.3) is 16.4 Å². The highest BCUT2D eigenvalue weighted by Crippen LogP contribution is 2.33. The van der Waals surface area contributed by atoms with Gasteiger partial charge in [0, 0.05) is 31.6 Å². The maximum atomic E-state index is 13.0. The number of nitrogens with one attached hydrogen (secondary N) is 1. The molecule has 0 spiro atoms. The molecular formula is C15H14F3N5. The number of benzene rings is 1. The van der Waals surface area contributed by atoms with Crippen LogP contribution < -0.4 is 10.2 Å². The molecule has 1 N–H and O–H groups in total. The van der Waals surface area contributed by atoms with Gasteiger partial charge in [0.1, 0.15) is 0 Å². The monoisotopic (exact) mass is 321 g/mol. The van der Waals surface area contributed by atoms with E-state index >= 15 is 0 Å². The standard InChI is InChI=1S/C15H14F3N5/c16-15(17,18)10-1-2-12-11(9-10)13-3-4-20-23(13)14(21-12)22-7-5-19-6-8-22/h1-4,9,19H,5-8H2. The topological polar surface area (TPSA) is 45.5 Å². The van der Waals surface area contributed by atoms with E-state index in [0.29, 0.717) is 22.4 Å². The summed E-state index contributed by atoms with van der Waals surface area (Å²) in [6, 6.07) is 5.36. The molecule has 5 nitrogen and oxygen atoms in total. The predicted molar refractivity (Wildman–Crippen MR) is 80.6 cm³/mol. The van der Waals surface area contributed by atoms with Crippen LogP contribution in [-0.2, 0) is 6.18 Å². The van der Waals surface area contributed by atoms with Crippen LogP contribution in [-0.4, -0.2) is 40.8 Å². The molecule has 0 bridgehead atoms. The molecule has 3 aromatic rings. The normalized spacial score (nSPS) is 16.4. The van der Waals surface area contributed by atoms with Crippen molar-refractivity contribution in [3.8, 4) is 0 Å². The summed E-state index contributed by atoms with van der Waals surface area (Å²) in [4.78, 5) is 6.64. The minimum Gasteiger partial charge on any atom is -0.338 e. The number of hydrogen-bond acceptors (Lipinski definition) is 4. The van der Waals surface area contributed by atoms with Gasteiger partial charge in [-0.15, -0.1) is 0 Å². The van der Waals surface area contributed by atoms with Crippen LogP contribution in [0.2, 0.25) is 0 Å². The van der Waals surface area contributed by atoms with E-state index in [1.54, 1.807) is 16.8 Å². The number of aromatic nitrogens is 3. The molecule has 0 aliphatic carbocycles. The third-order valence-corrected chi connectivity index (χ3v) is 4.05. The Bertz CT molecular complexity index is 865. The van der Waals surface area contributed by atoms with Gasteiger partial charge < -0.3 is 10.2 Å². The fourth-order valence-corrected chi connectivity index (χ4v) is 2.91. The van der Waals surface area contributed by atoms with Gasteiger partial charge in [-0.25, -0.2) is 4.98 Å². The number of fused-ring (bicyclic) bond motifs is 3. The molecule has 120 valence electrons. The highest BCUT2D eigenvalue weighted by molar-refractivity contribution is 5.95.